The number of hydrogen-bond donors (Lipinski definition) is 0. The molecule has 2 aromatic carbocycles. The van der Waals surface area contributed by atoms with Gasteiger partial charge in [0.1, 0.15) is 11.0 Å². The molecule has 1 aliphatic rings. The Bertz CT molecular complexity index is 901. The van der Waals surface area contributed by atoms with E-state index >= 15 is 0 Å². The number of amides is 1. The monoisotopic (exact) mass is 364 g/mol. The fourth-order valence-electron chi connectivity index (χ4n) is 3.73. The number of nitrogens with zero attached hydrogens (tertiary/aromatic N) is 4. The van der Waals surface area contributed by atoms with Crippen LogP contribution in [0.25, 0.3) is 11.0 Å². The van der Waals surface area contributed by atoms with Crippen molar-refractivity contribution in [3.8, 4) is 0 Å². The van der Waals surface area contributed by atoms with Crippen molar-refractivity contribution in [3.05, 3.63) is 59.7 Å². The van der Waals surface area contributed by atoms with Gasteiger partial charge in [-0.15, -0.1) is 0 Å². The molecule has 140 valence electrons. The smallest absolute Gasteiger partial charge is 0.254 e. The van der Waals surface area contributed by atoms with Crippen LogP contribution in [0.15, 0.2) is 53.2 Å². The van der Waals surface area contributed by atoms with Gasteiger partial charge in [-0.25, -0.2) is 4.63 Å². The molecular formula is C21H24N4O2. The predicted octanol–water partition coefficient (Wildman–Crippen LogP) is 3.00. The first kappa shape index (κ1) is 17.7. The molecule has 0 atom stereocenters. The van der Waals surface area contributed by atoms with Gasteiger partial charge >= 0.3 is 0 Å². The number of piperidine rings is 1. The van der Waals surface area contributed by atoms with Crippen LogP contribution in [0.1, 0.15) is 28.8 Å². The van der Waals surface area contributed by atoms with E-state index in [4.69, 9.17) is 4.63 Å². The molecule has 6 nitrogen and oxygen atoms in total. The van der Waals surface area contributed by atoms with Crippen LogP contribution < -0.4 is 0 Å². The van der Waals surface area contributed by atoms with Gasteiger partial charge < -0.3 is 9.80 Å². The number of carbonyl (C=O) groups is 1. The Labute approximate surface area is 158 Å². The molecule has 2 heterocycles. The van der Waals surface area contributed by atoms with E-state index in [0.717, 1.165) is 32.4 Å². The molecular weight excluding hydrogens is 340 g/mol. The van der Waals surface area contributed by atoms with Crippen LogP contribution in [0, 0.1) is 0 Å². The highest BCUT2D eigenvalue weighted by Gasteiger charge is 2.27. The molecule has 0 bridgehead atoms. The summed E-state index contributed by atoms with van der Waals surface area (Å²) in [5.41, 5.74) is 3.18. The summed E-state index contributed by atoms with van der Waals surface area (Å²) in [7, 11) is 2.14. The SMILES string of the molecule is CN1CCC(N(CCc2ccccc2)C(=O)c2ccc3nonc3c2)CC1. The Kier molecular flexibility index (Phi) is 5.16. The number of aromatic nitrogens is 2. The van der Waals surface area contributed by atoms with E-state index in [2.05, 4.69) is 39.3 Å². The lowest BCUT2D eigenvalue weighted by Crippen LogP contribution is -2.47. The normalized spacial score (nSPS) is 15.9. The highest BCUT2D eigenvalue weighted by molar-refractivity contribution is 5.97. The largest absolute Gasteiger partial charge is 0.335 e. The summed E-state index contributed by atoms with van der Waals surface area (Å²) in [6, 6.07) is 16.0. The molecule has 4 rings (SSSR count). The number of likely N-dealkylation sites (tertiary alicyclic amines) is 1. The average Bonchev–Trinajstić information content (AvgIpc) is 3.18. The Morgan fingerprint density at radius 3 is 2.63 bits per heavy atom. The van der Waals surface area contributed by atoms with Gasteiger partial charge in [-0.1, -0.05) is 30.3 Å². The third-order valence-electron chi connectivity index (χ3n) is 5.37. The first-order valence-electron chi connectivity index (χ1n) is 9.46. The Hall–Kier alpha value is -2.73. The van der Waals surface area contributed by atoms with Crippen molar-refractivity contribution in [1.29, 1.82) is 0 Å². The standard InChI is InChI=1S/C21H24N4O2/c1-24-12-10-18(11-13-24)25(14-9-16-5-3-2-4-6-16)21(26)17-7-8-19-20(15-17)23-27-22-19/h2-8,15,18H,9-14H2,1H3. The van der Waals surface area contributed by atoms with Crippen molar-refractivity contribution < 1.29 is 9.42 Å². The fraction of sp³-hybridized carbons (Fsp3) is 0.381. The highest BCUT2D eigenvalue weighted by Crippen LogP contribution is 2.21. The molecule has 0 radical (unpaired) electrons. The first-order valence-corrected chi connectivity index (χ1v) is 9.46. The highest BCUT2D eigenvalue weighted by atomic mass is 16.6. The van der Waals surface area contributed by atoms with Gasteiger partial charge in [0.2, 0.25) is 0 Å². The Balaban J connectivity index is 1.56. The molecule has 1 amide bonds. The Morgan fingerprint density at radius 2 is 1.85 bits per heavy atom. The second-order valence-electron chi connectivity index (χ2n) is 7.24. The predicted molar refractivity (Wildman–Crippen MR) is 104 cm³/mol. The van der Waals surface area contributed by atoms with E-state index in [1.807, 2.05) is 24.3 Å². The van der Waals surface area contributed by atoms with Gasteiger partial charge in [0.05, 0.1) is 0 Å². The van der Waals surface area contributed by atoms with Gasteiger partial charge in [0.15, 0.2) is 0 Å². The minimum absolute atomic E-state index is 0.0605. The van der Waals surface area contributed by atoms with Crippen molar-refractivity contribution in [1.82, 2.24) is 20.1 Å². The molecule has 1 aliphatic heterocycles. The summed E-state index contributed by atoms with van der Waals surface area (Å²) in [4.78, 5) is 17.7. The molecule has 0 saturated carbocycles. The van der Waals surface area contributed by atoms with Crippen molar-refractivity contribution in [3.63, 3.8) is 0 Å². The minimum atomic E-state index is 0.0605. The summed E-state index contributed by atoms with van der Waals surface area (Å²) >= 11 is 0. The van der Waals surface area contributed by atoms with Gasteiger partial charge in [-0.3, -0.25) is 4.79 Å². The topological polar surface area (TPSA) is 62.5 Å². The first-order chi connectivity index (χ1) is 13.2. The molecule has 1 saturated heterocycles. The van der Waals surface area contributed by atoms with Crippen molar-refractivity contribution in [2.45, 2.75) is 25.3 Å². The lowest BCUT2D eigenvalue weighted by Gasteiger charge is -2.37. The van der Waals surface area contributed by atoms with Crippen LogP contribution in [0.4, 0.5) is 0 Å². The molecule has 1 fully saturated rings. The maximum Gasteiger partial charge on any atom is 0.254 e. The summed E-state index contributed by atoms with van der Waals surface area (Å²) in [6.07, 6.45) is 2.86. The van der Waals surface area contributed by atoms with Crippen LogP contribution in [0.3, 0.4) is 0 Å². The summed E-state index contributed by atoms with van der Waals surface area (Å²) in [6.45, 7) is 2.75. The third-order valence-corrected chi connectivity index (χ3v) is 5.37. The fourth-order valence-corrected chi connectivity index (χ4v) is 3.73. The number of carbonyl (C=O) groups excluding carboxylic acids is 1. The summed E-state index contributed by atoms with van der Waals surface area (Å²) in [5, 5.41) is 7.70. The van der Waals surface area contributed by atoms with Crippen LogP contribution in [0.5, 0.6) is 0 Å². The van der Waals surface area contributed by atoms with E-state index in [9.17, 15) is 4.79 Å². The van der Waals surface area contributed by atoms with E-state index in [0.29, 0.717) is 23.1 Å². The van der Waals surface area contributed by atoms with Gasteiger partial charge in [-0.2, -0.15) is 0 Å². The maximum atomic E-state index is 13.3. The number of hydrogen-bond acceptors (Lipinski definition) is 5. The molecule has 3 aromatic rings. The lowest BCUT2D eigenvalue weighted by molar-refractivity contribution is 0.0594. The maximum absolute atomic E-state index is 13.3. The zero-order valence-corrected chi connectivity index (χ0v) is 15.5. The summed E-state index contributed by atoms with van der Waals surface area (Å²) < 4.78 is 4.76. The zero-order valence-electron chi connectivity index (χ0n) is 15.5. The molecule has 0 N–H and O–H groups in total. The second kappa shape index (κ2) is 7.88. The minimum Gasteiger partial charge on any atom is -0.335 e. The van der Waals surface area contributed by atoms with E-state index in [-0.39, 0.29) is 11.9 Å². The lowest BCUT2D eigenvalue weighted by atomic mass is 10.0. The molecule has 0 aliphatic carbocycles. The van der Waals surface area contributed by atoms with Crippen molar-refractivity contribution in [2.24, 2.45) is 0 Å². The van der Waals surface area contributed by atoms with Gasteiger partial charge in [-0.05, 0) is 73.5 Å². The van der Waals surface area contributed by atoms with E-state index in [1.165, 1.54) is 5.56 Å². The summed E-state index contributed by atoms with van der Waals surface area (Å²) in [5.74, 6) is 0.0605. The van der Waals surface area contributed by atoms with Crippen LogP contribution in [-0.4, -0.2) is 58.7 Å². The van der Waals surface area contributed by atoms with Crippen LogP contribution in [0.2, 0.25) is 0 Å². The zero-order chi connectivity index (χ0) is 18.6. The van der Waals surface area contributed by atoms with Crippen LogP contribution >= 0.6 is 0 Å². The van der Waals surface area contributed by atoms with Crippen molar-refractivity contribution >= 4 is 16.9 Å². The van der Waals surface area contributed by atoms with Gasteiger partial charge in [0.25, 0.3) is 5.91 Å². The van der Waals surface area contributed by atoms with Crippen molar-refractivity contribution in [2.75, 3.05) is 26.7 Å². The second-order valence-corrected chi connectivity index (χ2v) is 7.24. The molecule has 6 heteroatoms. The van der Waals surface area contributed by atoms with E-state index < -0.39 is 0 Å². The number of benzene rings is 2. The molecule has 27 heavy (non-hydrogen) atoms. The molecule has 1 aromatic heterocycles. The quantitative estimate of drug-likeness (QED) is 0.696. The molecule has 0 spiro atoms. The average molecular weight is 364 g/mol. The van der Waals surface area contributed by atoms with E-state index in [1.54, 1.807) is 12.1 Å². The molecule has 0 unspecified atom stereocenters. The Morgan fingerprint density at radius 1 is 1.11 bits per heavy atom. The van der Waals surface area contributed by atoms with Crippen LogP contribution in [-0.2, 0) is 6.42 Å². The number of rotatable bonds is 5. The number of fused-ring (bicyclic) bond motifs is 1. The van der Waals surface area contributed by atoms with Gasteiger partial charge in [0, 0.05) is 18.2 Å². The third kappa shape index (κ3) is 4.01.